The van der Waals surface area contributed by atoms with Crippen LogP contribution in [0, 0.1) is 0 Å². The van der Waals surface area contributed by atoms with Gasteiger partial charge in [-0.05, 0) is 42.0 Å². The molecule has 0 amide bonds. The second kappa shape index (κ2) is 11.4. The molecule has 0 aliphatic rings. The number of aliphatic carboxylic acids is 1. The van der Waals surface area contributed by atoms with Crippen LogP contribution in [0.15, 0.2) is 115 Å². The zero-order chi connectivity index (χ0) is 26.3. The van der Waals surface area contributed by atoms with Gasteiger partial charge in [-0.2, -0.15) is 0 Å². The third-order valence-electron chi connectivity index (χ3n) is 6.25. The SMILES string of the molecule is O=C(c1ccccc1)c1ccccc1N[C@@H](Cc1ccc(OCc2cnc3ccccc3c2)cc1)C(=O)O. The van der Waals surface area contributed by atoms with E-state index >= 15 is 0 Å². The normalized spacial score (nSPS) is 11.6. The lowest BCUT2D eigenvalue weighted by Crippen LogP contribution is -2.32. The summed E-state index contributed by atoms with van der Waals surface area (Å²) in [7, 11) is 0. The van der Waals surface area contributed by atoms with Crippen LogP contribution in [0.25, 0.3) is 10.9 Å². The van der Waals surface area contributed by atoms with Crippen molar-refractivity contribution in [1.82, 2.24) is 4.98 Å². The number of nitrogens with zero attached hydrogens (tertiary/aromatic N) is 1. The van der Waals surface area contributed by atoms with Gasteiger partial charge >= 0.3 is 5.97 Å². The number of hydrogen-bond donors (Lipinski definition) is 2. The van der Waals surface area contributed by atoms with E-state index in [0.29, 0.717) is 29.2 Å². The number of aromatic nitrogens is 1. The van der Waals surface area contributed by atoms with Crippen molar-refractivity contribution in [2.45, 2.75) is 19.1 Å². The number of pyridine rings is 1. The highest BCUT2D eigenvalue weighted by Gasteiger charge is 2.21. The van der Waals surface area contributed by atoms with E-state index in [-0.39, 0.29) is 12.2 Å². The number of ketones is 1. The van der Waals surface area contributed by atoms with Gasteiger partial charge < -0.3 is 15.2 Å². The summed E-state index contributed by atoms with van der Waals surface area (Å²) >= 11 is 0. The predicted molar refractivity (Wildman–Crippen MR) is 148 cm³/mol. The molecule has 6 heteroatoms. The van der Waals surface area contributed by atoms with E-state index < -0.39 is 12.0 Å². The van der Waals surface area contributed by atoms with Gasteiger partial charge in [0.05, 0.1) is 5.52 Å². The summed E-state index contributed by atoms with van der Waals surface area (Å²) in [4.78, 5) is 29.6. The van der Waals surface area contributed by atoms with Gasteiger partial charge in [0.25, 0.3) is 0 Å². The lowest BCUT2D eigenvalue weighted by molar-refractivity contribution is -0.137. The van der Waals surface area contributed by atoms with Crippen LogP contribution in [0.5, 0.6) is 5.75 Å². The molecular weight excluding hydrogens is 476 g/mol. The van der Waals surface area contributed by atoms with Crippen LogP contribution >= 0.6 is 0 Å². The van der Waals surface area contributed by atoms with Gasteiger partial charge in [-0.15, -0.1) is 0 Å². The highest BCUT2D eigenvalue weighted by Crippen LogP contribution is 2.22. The van der Waals surface area contributed by atoms with Crippen LogP contribution in [0.3, 0.4) is 0 Å². The Kier molecular flexibility index (Phi) is 7.41. The Bertz CT molecular complexity index is 1570. The third kappa shape index (κ3) is 5.87. The largest absolute Gasteiger partial charge is 0.489 e. The molecule has 0 radical (unpaired) electrons. The molecule has 5 aromatic rings. The predicted octanol–water partition coefficient (Wildman–Crippen LogP) is 6.15. The molecule has 1 aromatic heterocycles. The number of hydrogen-bond acceptors (Lipinski definition) is 5. The number of para-hydroxylation sites is 2. The molecule has 38 heavy (non-hydrogen) atoms. The Labute approximate surface area is 220 Å². The Morgan fingerprint density at radius 1 is 0.816 bits per heavy atom. The van der Waals surface area contributed by atoms with Crippen LogP contribution in [-0.2, 0) is 17.8 Å². The molecule has 0 aliphatic carbocycles. The molecule has 0 fully saturated rings. The number of rotatable bonds is 10. The number of carbonyl (C=O) groups is 2. The molecule has 0 unspecified atom stereocenters. The van der Waals surface area contributed by atoms with Crippen LogP contribution in [0.1, 0.15) is 27.0 Å². The summed E-state index contributed by atoms with van der Waals surface area (Å²) in [6.45, 7) is 0.378. The molecule has 1 heterocycles. The summed E-state index contributed by atoms with van der Waals surface area (Å²) in [5.41, 5.74) is 4.19. The number of anilines is 1. The van der Waals surface area contributed by atoms with E-state index in [9.17, 15) is 14.7 Å². The number of carboxylic acid groups (broad SMARTS) is 1. The Morgan fingerprint density at radius 2 is 1.53 bits per heavy atom. The fourth-order valence-corrected chi connectivity index (χ4v) is 4.26. The molecular formula is C32H26N2O4. The maximum Gasteiger partial charge on any atom is 0.326 e. The first-order valence-electron chi connectivity index (χ1n) is 12.3. The van der Waals surface area contributed by atoms with Gasteiger partial charge in [0.15, 0.2) is 5.78 Å². The fraction of sp³-hybridized carbons (Fsp3) is 0.0938. The fourth-order valence-electron chi connectivity index (χ4n) is 4.26. The van der Waals surface area contributed by atoms with Crippen molar-refractivity contribution in [3.8, 4) is 5.75 Å². The smallest absolute Gasteiger partial charge is 0.326 e. The Morgan fingerprint density at radius 3 is 2.32 bits per heavy atom. The first kappa shape index (κ1) is 24.7. The van der Waals surface area contributed by atoms with Crippen molar-refractivity contribution in [1.29, 1.82) is 0 Å². The summed E-state index contributed by atoms with van der Waals surface area (Å²) in [6, 6.07) is 32.3. The minimum atomic E-state index is -1.00. The minimum absolute atomic E-state index is 0.166. The second-order valence-electron chi connectivity index (χ2n) is 8.95. The number of carboxylic acids is 1. The monoisotopic (exact) mass is 502 g/mol. The van der Waals surface area contributed by atoms with Crippen molar-refractivity contribution in [2.75, 3.05) is 5.32 Å². The summed E-state index contributed by atoms with van der Waals surface area (Å²) in [5, 5.41) is 14.0. The summed E-state index contributed by atoms with van der Waals surface area (Å²) in [5.74, 6) is -0.488. The topological polar surface area (TPSA) is 88.5 Å². The molecule has 0 bridgehead atoms. The Balaban J connectivity index is 1.25. The van der Waals surface area contributed by atoms with Crippen LogP contribution in [0.2, 0.25) is 0 Å². The molecule has 0 spiro atoms. The van der Waals surface area contributed by atoms with E-state index in [2.05, 4.69) is 16.4 Å². The molecule has 6 nitrogen and oxygen atoms in total. The first-order valence-corrected chi connectivity index (χ1v) is 12.3. The minimum Gasteiger partial charge on any atom is -0.489 e. The lowest BCUT2D eigenvalue weighted by Gasteiger charge is -2.18. The van der Waals surface area contributed by atoms with E-state index in [1.165, 1.54) is 0 Å². The number of carbonyl (C=O) groups excluding carboxylic acids is 1. The molecule has 0 saturated heterocycles. The van der Waals surface area contributed by atoms with E-state index in [1.807, 2.05) is 54.6 Å². The van der Waals surface area contributed by atoms with Gasteiger partial charge in [-0.25, -0.2) is 4.79 Å². The van der Waals surface area contributed by atoms with E-state index in [1.54, 1.807) is 54.7 Å². The highest BCUT2D eigenvalue weighted by molar-refractivity contribution is 6.12. The molecule has 1 atom stereocenters. The van der Waals surface area contributed by atoms with Crippen molar-refractivity contribution < 1.29 is 19.4 Å². The van der Waals surface area contributed by atoms with Crippen LogP contribution in [0.4, 0.5) is 5.69 Å². The van der Waals surface area contributed by atoms with Crippen molar-refractivity contribution >= 4 is 28.3 Å². The van der Waals surface area contributed by atoms with Gasteiger partial charge in [-0.1, -0.05) is 72.8 Å². The average Bonchev–Trinajstić information content (AvgIpc) is 2.96. The number of benzene rings is 4. The van der Waals surface area contributed by atoms with Gasteiger partial charge in [-0.3, -0.25) is 9.78 Å². The average molecular weight is 503 g/mol. The van der Waals surface area contributed by atoms with E-state index in [4.69, 9.17) is 4.74 Å². The first-order chi connectivity index (χ1) is 18.6. The van der Waals surface area contributed by atoms with Gasteiger partial charge in [0.1, 0.15) is 18.4 Å². The lowest BCUT2D eigenvalue weighted by atomic mass is 10.00. The van der Waals surface area contributed by atoms with Gasteiger partial charge in [0, 0.05) is 40.4 Å². The van der Waals surface area contributed by atoms with Crippen molar-refractivity contribution in [2.24, 2.45) is 0 Å². The van der Waals surface area contributed by atoms with Crippen LogP contribution in [-0.4, -0.2) is 27.9 Å². The van der Waals surface area contributed by atoms with E-state index in [0.717, 1.165) is 22.0 Å². The zero-order valence-electron chi connectivity index (χ0n) is 20.6. The molecule has 4 aromatic carbocycles. The quantitative estimate of drug-likeness (QED) is 0.223. The molecule has 2 N–H and O–H groups in total. The number of nitrogens with one attached hydrogen (secondary N) is 1. The summed E-state index contributed by atoms with van der Waals surface area (Å²) in [6.07, 6.45) is 2.04. The standard InChI is InChI=1S/C32H26N2O4/c35-31(24-8-2-1-3-9-24)27-11-5-7-13-29(27)34-30(32(36)37)19-22-14-16-26(17-15-22)38-21-23-18-25-10-4-6-12-28(25)33-20-23/h1-18,20,30,34H,19,21H2,(H,36,37)/t30-/m0/s1. The zero-order valence-corrected chi connectivity index (χ0v) is 20.6. The maximum absolute atomic E-state index is 13.0. The molecule has 0 saturated carbocycles. The molecule has 0 aliphatic heterocycles. The molecule has 5 rings (SSSR count). The number of fused-ring (bicyclic) bond motifs is 1. The van der Waals surface area contributed by atoms with Gasteiger partial charge in [0.2, 0.25) is 0 Å². The third-order valence-corrected chi connectivity index (χ3v) is 6.25. The Hall–Kier alpha value is -4.97. The van der Waals surface area contributed by atoms with Crippen molar-refractivity contribution in [3.05, 3.63) is 138 Å². The molecule has 188 valence electrons. The highest BCUT2D eigenvalue weighted by atomic mass is 16.5. The number of ether oxygens (including phenoxy) is 1. The van der Waals surface area contributed by atoms with Crippen molar-refractivity contribution in [3.63, 3.8) is 0 Å². The second-order valence-corrected chi connectivity index (χ2v) is 8.95. The van der Waals surface area contributed by atoms with Crippen LogP contribution < -0.4 is 10.1 Å². The summed E-state index contributed by atoms with van der Waals surface area (Å²) < 4.78 is 5.92. The maximum atomic E-state index is 13.0.